The molecule has 0 radical (unpaired) electrons. The van der Waals surface area contributed by atoms with Crippen LogP contribution in [0.15, 0.2) is 17.1 Å². The van der Waals surface area contributed by atoms with E-state index in [0.717, 1.165) is 29.7 Å². The summed E-state index contributed by atoms with van der Waals surface area (Å²) in [7, 11) is 1.65. The summed E-state index contributed by atoms with van der Waals surface area (Å²) in [6.07, 6.45) is 3.49. The maximum absolute atomic E-state index is 10.5. The molecule has 1 aromatic carbocycles. The number of hydrogen-bond acceptors (Lipinski definition) is 3. The number of hydrogen-bond donors (Lipinski definition) is 0. The van der Waals surface area contributed by atoms with E-state index in [4.69, 9.17) is 4.74 Å². The predicted molar refractivity (Wildman–Crippen MR) is 61.5 cm³/mol. The van der Waals surface area contributed by atoms with Gasteiger partial charge in [0.25, 0.3) is 0 Å². The quantitative estimate of drug-likeness (QED) is 0.576. The standard InChI is InChI=1S/C13H15NO2/c1-9-6-10(2)12(16-3)11(7-9)13(4-5-13)14-8-15/h6-7H,4-5H2,1-3H3. The molecule has 1 saturated carbocycles. The highest BCUT2D eigenvalue weighted by atomic mass is 16.5. The number of ether oxygens (including phenoxy) is 1. The normalized spacial score (nSPS) is 16.4. The molecular weight excluding hydrogens is 202 g/mol. The van der Waals surface area contributed by atoms with Crippen LogP contribution in [-0.2, 0) is 10.3 Å². The van der Waals surface area contributed by atoms with Crippen LogP contribution in [0.25, 0.3) is 0 Å². The van der Waals surface area contributed by atoms with Crippen molar-refractivity contribution in [1.82, 2.24) is 0 Å². The fraction of sp³-hybridized carbons (Fsp3) is 0.462. The topological polar surface area (TPSA) is 38.7 Å². The van der Waals surface area contributed by atoms with Gasteiger partial charge in [0.2, 0.25) is 6.08 Å². The van der Waals surface area contributed by atoms with Crippen molar-refractivity contribution < 1.29 is 9.53 Å². The van der Waals surface area contributed by atoms with Crippen LogP contribution in [0.1, 0.15) is 29.5 Å². The van der Waals surface area contributed by atoms with Gasteiger partial charge < -0.3 is 4.74 Å². The van der Waals surface area contributed by atoms with Gasteiger partial charge in [0.15, 0.2) is 0 Å². The number of isocyanates is 1. The molecule has 1 aliphatic rings. The minimum Gasteiger partial charge on any atom is -0.496 e. The predicted octanol–water partition coefficient (Wildman–Crippen LogP) is 2.64. The molecule has 84 valence electrons. The molecule has 16 heavy (non-hydrogen) atoms. The molecule has 0 unspecified atom stereocenters. The van der Waals surface area contributed by atoms with E-state index in [1.54, 1.807) is 13.2 Å². The molecule has 2 rings (SSSR count). The Balaban J connectivity index is 2.59. The summed E-state index contributed by atoms with van der Waals surface area (Å²) in [5.74, 6) is 0.849. The van der Waals surface area contributed by atoms with Crippen molar-refractivity contribution in [1.29, 1.82) is 0 Å². The van der Waals surface area contributed by atoms with E-state index in [9.17, 15) is 4.79 Å². The SMILES string of the molecule is COc1c(C)cc(C)cc1C1(N=C=O)CC1. The fourth-order valence-electron chi connectivity index (χ4n) is 2.22. The van der Waals surface area contributed by atoms with Gasteiger partial charge in [-0.2, -0.15) is 4.99 Å². The summed E-state index contributed by atoms with van der Waals surface area (Å²) in [6, 6.07) is 4.13. The second kappa shape index (κ2) is 3.76. The van der Waals surface area contributed by atoms with E-state index in [-0.39, 0.29) is 5.54 Å². The van der Waals surface area contributed by atoms with Crippen molar-refractivity contribution in [3.63, 3.8) is 0 Å². The van der Waals surface area contributed by atoms with Crippen molar-refractivity contribution in [3.8, 4) is 5.75 Å². The third kappa shape index (κ3) is 1.63. The molecule has 0 bridgehead atoms. The number of benzene rings is 1. The van der Waals surface area contributed by atoms with Crippen LogP contribution < -0.4 is 4.74 Å². The molecule has 1 aliphatic carbocycles. The fourth-order valence-corrected chi connectivity index (χ4v) is 2.22. The Labute approximate surface area is 95.2 Å². The van der Waals surface area contributed by atoms with Crippen molar-refractivity contribution in [2.45, 2.75) is 32.2 Å². The highest BCUT2D eigenvalue weighted by Gasteiger charge is 2.47. The first-order valence-electron chi connectivity index (χ1n) is 5.38. The average molecular weight is 217 g/mol. The molecule has 0 aliphatic heterocycles. The zero-order valence-corrected chi connectivity index (χ0v) is 9.83. The largest absolute Gasteiger partial charge is 0.496 e. The third-order valence-corrected chi connectivity index (χ3v) is 3.11. The van der Waals surface area contributed by atoms with Crippen LogP contribution >= 0.6 is 0 Å². The summed E-state index contributed by atoms with van der Waals surface area (Å²) in [5.41, 5.74) is 2.92. The molecule has 3 heteroatoms. The lowest BCUT2D eigenvalue weighted by molar-refractivity contribution is 0.401. The Morgan fingerprint density at radius 2 is 2.06 bits per heavy atom. The number of rotatable bonds is 3. The summed E-state index contributed by atoms with van der Waals surface area (Å²) < 4.78 is 5.41. The molecule has 0 amide bonds. The minimum absolute atomic E-state index is 0.357. The van der Waals surface area contributed by atoms with Crippen LogP contribution in [0.3, 0.4) is 0 Å². The highest BCUT2D eigenvalue weighted by Crippen LogP contribution is 2.53. The number of aliphatic imine (C=N–C) groups is 1. The summed E-state index contributed by atoms with van der Waals surface area (Å²) >= 11 is 0. The van der Waals surface area contributed by atoms with Crippen LogP contribution in [0.5, 0.6) is 5.75 Å². The molecule has 1 fully saturated rings. The third-order valence-electron chi connectivity index (χ3n) is 3.11. The van der Waals surface area contributed by atoms with Crippen molar-refractivity contribution in [2.75, 3.05) is 7.11 Å². The van der Waals surface area contributed by atoms with E-state index < -0.39 is 0 Å². The van der Waals surface area contributed by atoms with Crippen molar-refractivity contribution >= 4 is 6.08 Å². The van der Waals surface area contributed by atoms with Gasteiger partial charge in [-0.05, 0) is 38.3 Å². The minimum atomic E-state index is -0.357. The van der Waals surface area contributed by atoms with E-state index >= 15 is 0 Å². The molecule has 0 N–H and O–H groups in total. The second-order valence-electron chi connectivity index (χ2n) is 4.40. The maximum atomic E-state index is 10.5. The van der Waals surface area contributed by atoms with Gasteiger partial charge in [0, 0.05) is 5.56 Å². The monoisotopic (exact) mass is 217 g/mol. The Kier molecular flexibility index (Phi) is 2.56. The van der Waals surface area contributed by atoms with Crippen molar-refractivity contribution in [2.24, 2.45) is 4.99 Å². The van der Waals surface area contributed by atoms with Gasteiger partial charge in [-0.1, -0.05) is 11.6 Å². The Morgan fingerprint density at radius 1 is 1.38 bits per heavy atom. The lowest BCUT2D eigenvalue weighted by atomic mass is 9.98. The van der Waals surface area contributed by atoms with Gasteiger partial charge in [-0.15, -0.1) is 0 Å². The summed E-state index contributed by atoms with van der Waals surface area (Å²) in [5, 5.41) is 0. The molecule has 0 heterocycles. The van der Waals surface area contributed by atoms with E-state index in [1.807, 2.05) is 13.8 Å². The van der Waals surface area contributed by atoms with Crippen LogP contribution in [-0.4, -0.2) is 13.2 Å². The maximum Gasteiger partial charge on any atom is 0.235 e. The van der Waals surface area contributed by atoms with E-state index in [2.05, 4.69) is 17.1 Å². The molecule has 3 nitrogen and oxygen atoms in total. The van der Waals surface area contributed by atoms with Gasteiger partial charge in [-0.3, -0.25) is 0 Å². The molecular formula is C13H15NO2. The van der Waals surface area contributed by atoms with Crippen LogP contribution in [0.4, 0.5) is 0 Å². The number of nitrogens with zero attached hydrogens (tertiary/aromatic N) is 1. The van der Waals surface area contributed by atoms with Gasteiger partial charge in [0.1, 0.15) is 11.3 Å². The Hall–Kier alpha value is -1.60. The lowest BCUT2D eigenvalue weighted by Gasteiger charge is -2.16. The highest BCUT2D eigenvalue weighted by molar-refractivity contribution is 5.52. The Morgan fingerprint density at radius 3 is 2.56 bits per heavy atom. The zero-order chi connectivity index (χ0) is 11.8. The number of methoxy groups -OCH3 is 1. The number of carbonyl (C=O) groups excluding carboxylic acids is 1. The van der Waals surface area contributed by atoms with Gasteiger partial charge in [0.05, 0.1) is 7.11 Å². The lowest BCUT2D eigenvalue weighted by Crippen LogP contribution is -2.07. The molecule has 0 spiro atoms. The molecule has 0 aromatic heterocycles. The number of aryl methyl sites for hydroxylation is 2. The Bertz CT molecular complexity index is 469. The molecule has 0 atom stereocenters. The van der Waals surface area contributed by atoms with Crippen LogP contribution in [0, 0.1) is 13.8 Å². The summed E-state index contributed by atoms with van der Waals surface area (Å²) in [6.45, 7) is 4.05. The van der Waals surface area contributed by atoms with Gasteiger partial charge in [-0.25, -0.2) is 4.79 Å². The summed E-state index contributed by atoms with van der Waals surface area (Å²) in [4.78, 5) is 14.4. The first-order valence-corrected chi connectivity index (χ1v) is 5.38. The second-order valence-corrected chi connectivity index (χ2v) is 4.40. The zero-order valence-electron chi connectivity index (χ0n) is 9.83. The molecule has 0 saturated heterocycles. The van der Waals surface area contributed by atoms with Crippen molar-refractivity contribution in [3.05, 3.63) is 28.8 Å². The smallest absolute Gasteiger partial charge is 0.235 e. The van der Waals surface area contributed by atoms with E-state index in [1.165, 1.54) is 5.56 Å². The molecule has 1 aromatic rings. The van der Waals surface area contributed by atoms with Crippen LogP contribution in [0.2, 0.25) is 0 Å². The first kappa shape index (κ1) is 10.9. The first-order chi connectivity index (χ1) is 7.63. The van der Waals surface area contributed by atoms with E-state index in [0.29, 0.717) is 0 Å². The van der Waals surface area contributed by atoms with Gasteiger partial charge >= 0.3 is 0 Å². The average Bonchev–Trinajstić information content (AvgIpc) is 2.98.